The van der Waals surface area contributed by atoms with Crippen LogP contribution in [0.25, 0.3) is 0 Å². The van der Waals surface area contributed by atoms with E-state index in [0.717, 1.165) is 51.4 Å². The lowest BCUT2D eigenvalue weighted by Crippen LogP contribution is -3.00. The average molecular weight is 506 g/mol. The second kappa shape index (κ2) is 16.9. The van der Waals surface area contributed by atoms with Gasteiger partial charge in [-0.1, -0.05) is 53.4 Å². The van der Waals surface area contributed by atoms with E-state index in [1.807, 2.05) is 0 Å². The number of halogens is 1. The molecule has 0 saturated heterocycles. The highest BCUT2D eigenvalue weighted by Crippen LogP contribution is 2.74. The highest BCUT2D eigenvalue weighted by Gasteiger charge is 2.61. The Morgan fingerprint density at radius 3 is 0.846 bits per heavy atom. The SMILES string of the molecule is CCCCC(O)[P+](C(O)CCCC)(C(O)CCCC)C(O)CCCC.[I-]. The molecule has 0 heterocycles. The van der Waals surface area contributed by atoms with Crippen molar-refractivity contribution in [3.05, 3.63) is 0 Å². The summed E-state index contributed by atoms with van der Waals surface area (Å²) in [6.45, 7) is 8.28. The maximum atomic E-state index is 11.1. The van der Waals surface area contributed by atoms with Crippen molar-refractivity contribution in [1.29, 1.82) is 0 Å². The first-order valence-electron chi connectivity index (χ1n) is 10.5. The van der Waals surface area contributed by atoms with Gasteiger partial charge in [0.1, 0.15) is 7.26 Å². The molecule has 0 aliphatic rings. The Morgan fingerprint density at radius 1 is 0.500 bits per heavy atom. The molecule has 0 bridgehead atoms. The summed E-state index contributed by atoms with van der Waals surface area (Å²) in [5, 5.41) is 44.3. The Morgan fingerprint density at radius 2 is 0.692 bits per heavy atom. The lowest BCUT2D eigenvalue weighted by Gasteiger charge is -2.41. The summed E-state index contributed by atoms with van der Waals surface area (Å²) in [7, 11) is -2.76. The average Bonchev–Trinajstić information content (AvgIpc) is 2.61. The molecule has 4 N–H and O–H groups in total. The first-order valence-corrected chi connectivity index (χ1v) is 12.6. The molecule has 4 unspecified atom stereocenters. The molecule has 0 aromatic rings. The van der Waals surface area contributed by atoms with Crippen LogP contribution in [0.3, 0.4) is 0 Å². The third-order valence-electron chi connectivity index (χ3n) is 5.33. The van der Waals surface area contributed by atoms with Crippen LogP contribution in [0.2, 0.25) is 0 Å². The zero-order chi connectivity index (χ0) is 19.3. The minimum Gasteiger partial charge on any atom is -1.00 e. The molecule has 0 fully saturated rings. The minimum absolute atomic E-state index is 0. The Labute approximate surface area is 179 Å². The predicted octanol–water partition coefficient (Wildman–Crippen LogP) is 2.04. The molecule has 4 nitrogen and oxygen atoms in total. The molecular formula is C20H44IO4P. The summed E-state index contributed by atoms with van der Waals surface area (Å²) in [4.78, 5) is 0. The van der Waals surface area contributed by atoms with Crippen molar-refractivity contribution in [3.8, 4) is 0 Å². The Bertz CT molecular complexity index is 259. The standard InChI is InChI=1S/C20H44O4P.HI/c1-5-9-13-17(21)25(18(22)14-10-6-2,19(23)15-11-7-3)20(24)16-12-8-4;/h17-24H,5-16H2,1-4H3;1H/q+1;/p-1. The third kappa shape index (κ3) is 8.57. The van der Waals surface area contributed by atoms with E-state index >= 15 is 0 Å². The van der Waals surface area contributed by atoms with Crippen molar-refractivity contribution in [3.63, 3.8) is 0 Å². The smallest absolute Gasteiger partial charge is 0.172 e. The summed E-state index contributed by atoms with van der Waals surface area (Å²) < 4.78 is 0. The zero-order valence-electron chi connectivity index (χ0n) is 17.4. The second-order valence-electron chi connectivity index (χ2n) is 7.39. The number of hydrogen-bond donors (Lipinski definition) is 4. The van der Waals surface area contributed by atoms with Crippen LogP contribution >= 0.6 is 7.26 Å². The van der Waals surface area contributed by atoms with Crippen LogP contribution < -0.4 is 24.0 Å². The summed E-state index contributed by atoms with van der Waals surface area (Å²) in [6, 6.07) is 0. The summed E-state index contributed by atoms with van der Waals surface area (Å²) in [6.07, 6.45) is 9.45. The number of aliphatic hydroxyl groups is 4. The predicted molar refractivity (Wildman–Crippen MR) is 109 cm³/mol. The molecular weight excluding hydrogens is 462 g/mol. The van der Waals surface area contributed by atoms with Crippen molar-refractivity contribution in [2.45, 2.75) is 128 Å². The van der Waals surface area contributed by atoms with E-state index in [1.165, 1.54) is 0 Å². The van der Waals surface area contributed by atoms with Crippen LogP contribution in [-0.4, -0.2) is 43.8 Å². The van der Waals surface area contributed by atoms with E-state index < -0.39 is 30.6 Å². The highest BCUT2D eigenvalue weighted by molar-refractivity contribution is 7.77. The quantitative estimate of drug-likeness (QED) is 0.191. The highest BCUT2D eigenvalue weighted by atomic mass is 127. The van der Waals surface area contributed by atoms with Gasteiger partial charge in [-0.2, -0.15) is 0 Å². The van der Waals surface area contributed by atoms with Crippen molar-refractivity contribution < 1.29 is 44.4 Å². The molecule has 0 aliphatic heterocycles. The molecule has 4 atom stereocenters. The first-order chi connectivity index (χ1) is 11.9. The minimum atomic E-state index is -2.76. The molecule has 0 aromatic heterocycles. The molecule has 6 heteroatoms. The number of hydrogen-bond acceptors (Lipinski definition) is 4. The van der Waals surface area contributed by atoms with Crippen LogP contribution in [0, 0.1) is 0 Å². The molecule has 0 aromatic carbocycles. The van der Waals surface area contributed by atoms with Gasteiger partial charge in [0.05, 0.1) is 0 Å². The van der Waals surface area contributed by atoms with Gasteiger partial charge in [-0.25, -0.2) is 0 Å². The fraction of sp³-hybridized carbons (Fsp3) is 1.00. The van der Waals surface area contributed by atoms with E-state index in [9.17, 15) is 20.4 Å². The number of rotatable bonds is 16. The fourth-order valence-corrected chi connectivity index (χ4v) is 8.54. The van der Waals surface area contributed by atoms with Crippen LogP contribution in [0.1, 0.15) is 105 Å². The maximum absolute atomic E-state index is 11.1. The van der Waals surface area contributed by atoms with Gasteiger partial charge in [0.15, 0.2) is 23.4 Å². The van der Waals surface area contributed by atoms with Crippen LogP contribution in [0.4, 0.5) is 0 Å². The van der Waals surface area contributed by atoms with E-state index in [4.69, 9.17) is 0 Å². The maximum Gasteiger partial charge on any atom is 0.172 e. The third-order valence-corrected chi connectivity index (χ3v) is 10.5. The van der Waals surface area contributed by atoms with Crippen LogP contribution in [0.5, 0.6) is 0 Å². The lowest BCUT2D eigenvalue weighted by atomic mass is 10.2. The van der Waals surface area contributed by atoms with Gasteiger partial charge in [0.25, 0.3) is 0 Å². The molecule has 0 spiro atoms. The van der Waals surface area contributed by atoms with Gasteiger partial charge in [-0.15, -0.1) is 0 Å². The van der Waals surface area contributed by atoms with Gasteiger partial charge >= 0.3 is 0 Å². The molecule has 0 aliphatic carbocycles. The zero-order valence-corrected chi connectivity index (χ0v) is 20.5. The summed E-state index contributed by atoms with van der Waals surface area (Å²) in [5.41, 5.74) is 0. The van der Waals surface area contributed by atoms with E-state index in [-0.39, 0.29) is 24.0 Å². The molecule has 160 valence electrons. The largest absolute Gasteiger partial charge is 1.00 e. The Balaban J connectivity index is 0. The summed E-state index contributed by atoms with van der Waals surface area (Å²) >= 11 is 0. The van der Waals surface area contributed by atoms with Gasteiger partial charge in [-0.05, 0) is 25.7 Å². The van der Waals surface area contributed by atoms with Gasteiger partial charge in [0.2, 0.25) is 0 Å². The van der Waals surface area contributed by atoms with Crippen molar-refractivity contribution in [1.82, 2.24) is 0 Å². The topological polar surface area (TPSA) is 80.9 Å². The monoisotopic (exact) mass is 506 g/mol. The fourth-order valence-electron chi connectivity index (χ4n) is 3.63. The van der Waals surface area contributed by atoms with E-state index in [1.54, 1.807) is 0 Å². The molecule has 26 heavy (non-hydrogen) atoms. The second-order valence-corrected chi connectivity index (χ2v) is 11.6. The Kier molecular flexibility index (Phi) is 19.0. The normalized spacial score (nSPS) is 18.5. The molecule has 0 radical (unpaired) electrons. The lowest BCUT2D eigenvalue weighted by molar-refractivity contribution is -0.0000131. The van der Waals surface area contributed by atoms with Crippen molar-refractivity contribution in [2.24, 2.45) is 0 Å². The first kappa shape index (κ1) is 29.2. The van der Waals surface area contributed by atoms with Crippen LogP contribution in [0.15, 0.2) is 0 Å². The molecule has 0 rings (SSSR count). The number of unbranched alkanes of at least 4 members (excludes halogenated alkanes) is 4. The van der Waals surface area contributed by atoms with E-state index in [0.29, 0.717) is 25.7 Å². The number of aliphatic hydroxyl groups excluding tert-OH is 4. The van der Waals surface area contributed by atoms with Crippen molar-refractivity contribution in [2.75, 3.05) is 0 Å². The van der Waals surface area contributed by atoms with E-state index in [2.05, 4.69) is 27.7 Å². The van der Waals surface area contributed by atoms with Gasteiger partial charge < -0.3 is 44.4 Å². The molecule has 0 amide bonds. The molecule has 0 saturated carbocycles. The summed E-state index contributed by atoms with van der Waals surface area (Å²) in [5.74, 6) is -3.12. The van der Waals surface area contributed by atoms with Gasteiger partial charge in [-0.3, -0.25) is 0 Å². The van der Waals surface area contributed by atoms with Crippen LogP contribution in [-0.2, 0) is 0 Å². The van der Waals surface area contributed by atoms with Gasteiger partial charge in [0, 0.05) is 25.7 Å². The van der Waals surface area contributed by atoms with Crippen molar-refractivity contribution >= 4 is 7.26 Å². The Hall–Kier alpha value is 1.00.